The highest BCUT2D eigenvalue weighted by Crippen LogP contribution is 2.17. The number of hydrogen-bond acceptors (Lipinski definition) is 2. The van der Waals surface area contributed by atoms with Crippen molar-refractivity contribution in [3.63, 3.8) is 0 Å². The van der Waals surface area contributed by atoms with E-state index < -0.39 is 0 Å². The minimum atomic E-state index is 0.552. The molecule has 1 N–H and O–H groups in total. The molecular weight excluding hydrogens is 256 g/mol. The zero-order valence-electron chi connectivity index (χ0n) is 12.6. The quantitative estimate of drug-likeness (QED) is 0.730. The Morgan fingerprint density at radius 3 is 2.53 bits per heavy atom. The van der Waals surface area contributed by atoms with Gasteiger partial charge >= 0.3 is 0 Å². The molecule has 0 aliphatic rings. The lowest BCUT2D eigenvalue weighted by molar-refractivity contribution is 0.236. The number of benzene rings is 1. The van der Waals surface area contributed by atoms with Gasteiger partial charge in [-0.3, -0.25) is 4.90 Å². The first-order chi connectivity index (χ1) is 9.00. The first-order valence-electron chi connectivity index (χ1n) is 7.15. The van der Waals surface area contributed by atoms with E-state index in [4.69, 9.17) is 11.6 Å². The molecular formula is C16H27ClN2. The van der Waals surface area contributed by atoms with Gasteiger partial charge in [-0.15, -0.1) is 0 Å². The molecule has 1 aromatic carbocycles. The summed E-state index contributed by atoms with van der Waals surface area (Å²) >= 11 is 6.20. The van der Waals surface area contributed by atoms with Crippen LogP contribution in [-0.2, 0) is 6.54 Å². The predicted octanol–water partition coefficient (Wildman–Crippen LogP) is 3.80. The Morgan fingerprint density at radius 1 is 1.21 bits per heavy atom. The van der Waals surface area contributed by atoms with Crippen molar-refractivity contribution in [1.82, 2.24) is 10.2 Å². The molecule has 0 aliphatic heterocycles. The second-order valence-electron chi connectivity index (χ2n) is 5.74. The molecule has 2 nitrogen and oxygen atoms in total. The molecule has 0 fully saturated rings. The highest BCUT2D eigenvalue weighted by atomic mass is 35.5. The van der Waals surface area contributed by atoms with Gasteiger partial charge < -0.3 is 5.32 Å². The SMILES string of the molecule is CC(C)CNCCC(C)N(C)Cc1ccccc1Cl. The Kier molecular flexibility index (Phi) is 7.44. The van der Waals surface area contributed by atoms with E-state index in [0.29, 0.717) is 6.04 Å². The van der Waals surface area contributed by atoms with Crippen LogP contribution in [0.25, 0.3) is 0 Å². The number of nitrogens with one attached hydrogen (secondary N) is 1. The van der Waals surface area contributed by atoms with Crippen molar-refractivity contribution in [3.05, 3.63) is 34.9 Å². The largest absolute Gasteiger partial charge is 0.316 e. The topological polar surface area (TPSA) is 15.3 Å². The predicted molar refractivity (Wildman–Crippen MR) is 84.7 cm³/mol. The van der Waals surface area contributed by atoms with E-state index >= 15 is 0 Å². The second kappa shape index (κ2) is 8.57. The number of halogens is 1. The first kappa shape index (κ1) is 16.5. The van der Waals surface area contributed by atoms with Gasteiger partial charge in [-0.1, -0.05) is 43.6 Å². The molecule has 1 atom stereocenters. The summed E-state index contributed by atoms with van der Waals surface area (Å²) in [5, 5.41) is 4.35. The molecule has 0 aliphatic carbocycles. The smallest absolute Gasteiger partial charge is 0.0451 e. The van der Waals surface area contributed by atoms with E-state index in [-0.39, 0.29) is 0 Å². The minimum Gasteiger partial charge on any atom is -0.316 e. The van der Waals surface area contributed by atoms with Crippen LogP contribution in [0.2, 0.25) is 5.02 Å². The van der Waals surface area contributed by atoms with Gasteiger partial charge in [0.05, 0.1) is 0 Å². The maximum Gasteiger partial charge on any atom is 0.0451 e. The molecule has 1 aromatic rings. The van der Waals surface area contributed by atoms with E-state index in [1.165, 1.54) is 5.56 Å². The molecule has 0 amide bonds. The van der Waals surface area contributed by atoms with Crippen LogP contribution in [0.1, 0.15) is 32.8 Å². The van der Waals surface area contributed by atoms with Crippen molar-refractivity contribution in [2.45, 2.75) is 39.8 Å². The third-order valence-corrected chi connectivity index (χ3v) is 3.79. The van der Waals surface area contributed by atoms with Gasteiger partial charge in [-0.05, 0) is 51.0 Å². The van der Waals surface area contributed by atoms with Crippen LogP contribution in [0, 0.1) is 5.92 Å². The van der Waals surface area contributed by atoms with Crippen molar-refractivity contribution in [3.8, 4) is 0 Å². The fourth-order valence-corrected chi connectivity index (χ4v) is 2.17. The summed E-state index contributed by atoms with van der Waals surface area (Å²) in [6.07, 6.45) is 1.16. The molecule has 0 spiro atoms. The van der Waals surface area contributed by atoms with Gasteiger partial charge in [-0.25, -0.2) is 0 Å². The standard InChI is InChI=1S/C16H27ClN2/c1-13(2)11-18-10-9-14(3)19(4)12-15-7-5-6-8-16(15)17/h5-8,13-14,18H,9-12H2,1-4H3. The fraction of sp³-hybridized carbons (Fsp3) is 0.625. The van der Waals surface area contributed by atoms with Gasteiger partial charge in [0.25, 0.3) is 0 Å². The van der Waals surface area contributed by atoms with Crippen molar-refractivity contribution < 1.29 is 0 Å². The van der Waals surface area contributed by atoms with Gasteiger partial charge in [0, 0.05) is 17.6 Å². The Morgan fingerprint density at radius 2 is 1.89 bits per heavy atom. The molecule has 108 valence electrons. The summed E-state index contributed by atoms with van der Waals surface area (Å²) in [5.41, 5.74) is 1.20. The van der Waals surface area contributed by atoms with Crippen molar-refractivity contribution in [2.24, 2.45) is 5.92 Å². The van der Waals surface area contributed by atoms with Crippen LogP contribution in [0.3, 0.4) is 0 Å². The van der Waals surface area contributed by atoms with Gasteiger partial charge in [0.2, 0.25) is 0 Å². The Bertz CT molecular complexity index is 366. The van der Waals surface area contributed by atoms with Crippen LogP contribution in [-0.4, -0.2) is 31.1 Å². The van der Waals surface area contributed by atoms with Gasteiger partial charge in [0.15, 0.2) is 0 Å². The molecule has 19 heavy (non-hydrogen) atoms. The van der Waals surface area contributed by atoms with Crippen LogP contribution in [0.5, 0.6) is 0 Å². The average Bonchev–Trinajstić information content (AvgIpc) is 2.36. The van der Waals surface area contributed by atoms with Crippen molar-refractivity contribution in [1.29, 1.82) is 0 Å². The van der Waals surface area contributed by atoms with Crippen LogP contribution < -0.4 is 5.32 Å². The first-order valence-corrected chi connectivity index (χ1v) is 7.53. The monoisotopic (exact) mass is 282 g/mol. The maximum atomic E-state index is 6.20. The molecule has 0 saturated carbocycles. The van der Waals surface area contributed by atoms with E-state index in [2.05, 4.69) is 44.1 Å². The fourth-order valence-electron chi connectivity index (χ4n) is 1.97. The molecule has 1 rings (SSSR count). The van der Waals surface area contributed by atoms with Crippen molar-refractivity contribution >= 4 is 11.6 Å². The highest BCUT2D eigenvalue weighted by Gasteiger charge is 2.10. The summed E-state index contributed by atoms with van der Waals surface area (Å²) in [4.78, 5) is 2.36. The second-order valence-corrected chi connectivity index (χ2v) is 6.15. The molecule has 0 heterocycles. The third-order valence-electron chi connectivity index (χ3n) is 3.42. The lowest BCUT2D eigenvalue weighted by Crippen LogP contribution is -2.32. The molecule has 1 unspecified atom stereocenters. The van der Waals surface area contributed by atoms with Gasteiger partial charge in [-0.2, -0.15) is 0 Å². The molecule has 0 radical (unpaired) electrons. The lowest BCUT2D eigenvalue weighted by Gasteiger charge is -2.25. The van der Waals surface area contributed by atoms with Crippen LogP contribution in [0.4, 0.5) is 0 Å². The lowest BCUT2D eigenvalue weighted by atomic mass is 10.1. The van der Waals surface area contributed by atoms with E-state index in [1.54, 1.807) is 0 Å². The minimum absolute atomic E-state index is 0.552. The Labute approximate surface area is 123 Å². The normalized spacial score (nSPS) is 13.2. The summed E-state index contributed by atoms with van der Waals surface area (Å²) in [7, 11) is 2.16. The summed E-state index contributed by atoms with van der Waals surface area (Å²) < 4.78 is 0. The Balaban J connectivity index is 2.32. The molecule has 0 aromatic heterocycles. The third kappa shape index (κ3) is 6.42. The molecule has 3 heteroatoms. The van der Waals surface area contributed by atoms with E-state index in [0.717, 1.165) is 37.0 Å². The van der Waals surface area contributed by atoms with Gasteiger partial charge in [0.1, 0.15) is 0 Å². The molecule has 0 saturated heterocycles. The summed E-state index contributed by atoms with van der Waals surface area (Å²) in [6, 6.07) is 8.63. The van der Waals surface area contributed by atoms with E-state index in [9.17, 15) is 0 Å². The van der Waals surface area contributed by atoms with Crippen LogP contribution in [0.15, 0.2) is 24.3 Å². The average molecular weight is 283 g/mol. The van der Waals surface area contributed by atoms with Crippen LogP contribution >= 0.6 is 11.6 Å². The number of hydrogen-bond donors (Lipinski definition) is 1. The zero-order valence-corrected chi connectivity index (χ0v) is 13.4. The number of rotatable bonds is 8. The van der Waals surface area contributed by atoms with Crippen molar-refractivity contribution in [2.75, 3.05) is 20.1 Å². The Hall–Kier alpha value is -0.570. The zero-order chi connectivity index (χ0) is 14.3. The highest BCUT2D eigenvalue weighted by molar-refractivity contribution is 6.31. The van der Waals surface area contributed by atoms with E-state index in [1.807, 2.05) is 18.2 Å². The summed E-state index contributed by atoms with van der Waals surface area (Å²) in [5.74, 6) is 0.719. The maximum absolute atomic E-state index is 6.20. The number of nitrogens with zero attached hydrogens (tertiary/aromatic N) is 1. The molecule has 0 bridgehead atoms. The summed E-state index contributed by atoms with van der Waals surface area (Å²) in [6.45, 7) is 9.83.